The molecule has 1 aromatic carbocycles. The van der Waals surface area contributed by atoms with E-state index in [1.807, 2.05) is 6.07 Å². The van der Waals surface area contributed by atoms with E-state index in [0.29, 0.717) is 19.4 Å². The summed E-state index contributed by atoms with van der Waals surface area (Å²) < 4.78 is 0. The van der Waals surface area contributed by atoms with Crippen LogP contribution in [0.5, 0.6) is 0 Å². The maximum absolute atomic E-state index is 12.5. The number of unbranched alkanes of at least 4 members (excludes halogenated alkanes) is 1. The van der Waals surface area contributed by atoms with Crippen LogP contribution in [-0.4, -0.2) is 70.6 Å². The standard InChI is InChI=1S/C22H33N5O7/c1-13(25-20(31)15(24)11-14-7-3-2-4-8-14)19(30)27-17(12-18(28)29)21(32)26-16(22(33)34)9-5-6-10-23/h2-4,7-8,13,15-17H,5-6,9-12,23-24H2,1H3,(H,25,31)(H,26,32)(H,27,30)(H,28,29)(H,33,34). The van der Waals surface area contributed by atoms with Gasteiger partial charge in [-0.15, -0.1) is 0 Å². The molecular formula is C22H33N5O7. The van der Waals surface area contributed by atoms with Crippen LogP contribution >= 0.6 is 0 Å². The summed E-state index contributed by atoms with van der Waals surface area (Å²) in [5, 5.41) is 25.3. The molecule has 0 aromatic heterocycles. The molecule has 1 rings (SSSR count). The Bertz CT molecular complexity index is 849. The van der Waals surface area contributed by atoms with Gasteiger partial charge in [0, 0.05) is 0 Å². The van der Waals surface area contributed by atoms with Gasteiger partial charge in [-0.2, -0.15) is 0 Å². The second kappa shape index (κ2) is 14.6. The quantitative estimate of drug-likeness (QED) is 0.149. The van der Waals surface area contributed by atoms with Gasteiger partial charge < -0.3 is 37.6 Å². The van der Waals surface area contributed by atoms with Crippen LogP contribution in [0.15, 0.2) is 30.3 Å². The van der Waals surface area contributed by atoms with Gasteiger partial charge in [0.25, 0.3) is 0 Å². The number of carbonyl (C=O) groups excluding carboxylic acids is 3. The number of carboxylic acids is 2. The minimum absolute atomic E-state index is 0.0950. The third-order valence-corrected chi connectivity index (χ3v) is 4.96. The molecule has 0 heterocycles. The second-order valence-electron chi connectivity index (χ2n) is 7.87. The van der Waals surface area contributed by atoms with E-state index in [4.69, 9.17) is 16.6 Å². The van der Waals surface area contributed by atoms with Crippen LogP contribution in [0.1, 0.15) is 38.2 Å². The molecule has 0 aliphatic rings. The number of hydrogen-bond donors (Lipinski definition) is 7. The lowest BCUT2D eigenvalue weighted by atomic mass is 10.1. The van der Waals surface area contributed by atoms with E-state index in [2.05, 4.69) is 16.0 Å². The number of carboxylic acid groups (broad SMARTS) is 2. The van der Waals surface area contributed by atoms with Crippen molar-refractivity contribution in [2.45, 2.75) is 63.2 Å². The highest BCUT2D eigenvalue weighted by molar-refractivity contribution is 5.95. The zero-order valence-corrected chi connectivity index (χ0v) is 19.0. The van der Waals surface area contributed by atoms with Gasteiger partial charge in [-0.1, -0.05) is 30.3 Å². The van der Waals surface area contributed by atoms with Gasteiger partial charge in [-0.3, -0.25) is 19.2 Å². The summed E-state index contributed by atoms with van der Waals surface area (Å²) in [5.41, 5.74) is 12.1. The summed E-state index contributed by atoms with van der Waals surface area (Å²) in [6.45, 7) is 1.71. The van der Waals surface area contributed by atoms with Crippen molar-refractivity contribution in [1.29, 1.82) is 0 Å². The number of aliphatic carboxylic acids is 2. The summed E-state index contributed by atoms with van der Waals surface area (Å²) in [5.74, 6) is -5.06. The topological polar surface area (TPSA) is 214 Å². The van der Waals surface area contributed by atoms with Gasteiger partial charge >= 0.3 is 11.9 Å². The maximum Gasteiger partial charge on any atom is 0.326 e. The van der Waals surface area contributed by atoms with E-state index < -0.39 is 60.2 Å². The number of nitrogens with one attached hydrogen (secondary N) is 3. The van der Waals surface area contributed by atoms with Crippen molar-refractivity contribution in [3.63, 3.8) is 0 Å². The molecule has 188 valence electrons. The lowest BCUT2D eigenvalue weighted by Gasteiger charge is -2.23. The number of hydrogen-bond acceptors (Lipinski definition) is 7. The first-order valence-electron chi connectivity index (χ1n) is 10.9. The normalized spacial score (nSPS) is 14.2. The Labute approximate surface area is 197 Å². The monoisotopic (exact) mass is 479 g/mol. The molecule has 0 saturated carbocycles. The van der Waals surface area contributed by atoms with Gasteiger partial charge in [-0.25, -0.2) is 4.79 Å². The highest BCUT2D eigenvalue weighted by atomic mass is 16.4. The Morgan fingerprint density at radius 1 is 0.882 bits per heavy atom. The fourth-order valence-electron chi connectivity index (χ4n) is 3.05. The van der Waals surface area contributed by atoms with E-state index in [-0.39, 0.29) is 12.8 Å². The van der Waals surface area contributed by atoms with Crippen LogP contribution in [0.3, 0.4) is 0 Å². The Hall–Kier alpha value is -3.51. The first kappa shape index (κ1) is 28.5. The Morgan fingerprint density at radius 2 is 1.50 bits per heavy atom. The van der Waals surface area contributed by atoms with Gasteiger partial charge in [-0.05, 0) is 44.7 Å². The van der Waals surface area contributed by atoms with Crippen LogP contribution in [-0.2, 0) is 30.4 Å². The van der Waals surface area contributed by atoms with Crippen LogP contribution in [0, 0.1) is 0 Å². The predicted molar refractivity (Wildman–Crippen MR) is 122 cm³/mol. The molecule has 0 saturated heterocycles. The van der Waals surface area contributed by atoms with E-state index in [1.165, 1.54) is 6.92 Å². The summed E-state index contributed by atoms with van der Waals surface area (Å²) in [6, 6.07) is 4.17. The van der Waals surface area contributed by atoms with Gasteiger partial charge in [0.15, 0.2) is 0 Å². The molecule has 0 bridgehead atoms. The van der Waals surface area contributed by atoms with Gasteiger partial charge in [0.2, 0.25) is 17.7 Å². The molecule has 0 aliphatic heterocycles. The molecule has 3 amide bonds. The van der Waals surface area contributed by atoms with Crippen LogP contribution in [0.25, 0.3) is 0 Å². The predicted octanol–water partition coefficient (Wildman–Crippen LogP) is -1.28. The molecular weight excluding hydrogens is 446 g/mol. The zero-order chi connectivity index (χ0) is 25.7. The SMILES string of the molecule is CC(NC(=O)C(N)Cc1ccccc1)C(=O)NC(CC(=O)O)C(=O)NC(CCCCN)C(=O)O. The van der Waals surface area contributed by atoms with E-state index in [1.54, 1.807) is 24.3 Å². The third-order valence-electron chi connectivity index (χ3n) is 4.96. The number of benzene rings is 1. The molecule has 0 aliphatic carbocycles. The number of nitrogens with two attached hydrogens (primary N) is 2. The van der Waals surface area contributed by atoms with Crippen molar-refractivity contribution in [2.24, 2.45) is 11.5 Å². The number of rotatable bonds is 15. The third kappa shape index (κ3) is 10.4. The summed E-state index contributed by atoms with van der Waals surface area (Å²) >= 11 is 0. The molecule has 12 nitrogen and oxygen atoms in total. The lowest BCUT2D eigenvalue weighted by molar-refractivity contribution is -0.143. The Balaban J connectivity index is 2.73. The zero-order valence-electron chi connectivity index (χ0n) is 19.0. The average Bonchev–Trinajstić information content (AvgIpc) is 2.77. The first-order valence-corrected chi connectivity index (χ1v) is 10.9. The highest BCUT2D eigenvalue weighted by Gasteiger charge is 2.30. The molecule has 4 unspecified atom stereocenters. The van der Waals surface area contributed by atoms with Crippen molar-refractivity contribution < 1.29 is 34.2 Å². The molecule has 0 spiro atoms. The number of amides is 3. The van der Waals surface area contributed by atoms with Crippen molar-refractivity contribution in [3.05, 3.63) is 35.9 Å². The minimum atomic E-state index is -1.54. The molecule has 12 heteroatoms. The molecule has 1 aromatic rings. The largest absolute Gasteiger partial charge is 0.481 e. The highest BCUT2D eigenvalue weighted by Crippen LogP contribution is 2.04. The molecule has 4 atom stereocenters. The number of carbonyl (C=O) groups is 5. The van der Waals surface area contributed by atoms with E-state index >= 15 is 0 Å². The van der Waals surface area contributed by atoms with E-state index in [9.17, 15) is 29.1 Å². The summed E-state index contributed by atoms with van der Waals surface area (Å²) in [7, 11) is 0. The fraction of sp³-hybridized carbons (Fsp3) is 0.500. The van der Waals surface area contributed by atoms with Crippen LogP contribution in [0.2, 0.25) is 0 Å². The average molecular weight is 480 g/mol. The van der Waals surface area contributed by atoms with Gasteiger partial charge in [0.05, 0.1) is 12.5 Å². The summed E-state index contributed by atoms with van der Waals surface area (Å²) in [6.07, 6.45) is 0.555. The molecule has 34 heavy (non-hydrogen) atoms. The smallest absolute Gasteiger partial charge is 0.326 e. The molecule has 9 N–H and O–H groups in total. The van der Waals surface area contributed by atoms with Crippen molar-refractivity contribution >= 4 is 29.7 Å². The van der Waals surface area contributed by atoms with Crippen molar-refractivity contribution in [2.75, 3.05) is 6.54 Å². The van der Waals surface area contributed by atoms with Crippen molar-refractivity contribution in [1.82, 2.24) is 16.0 Å². The second-order valence-corrected chi connectivity index (χ2v) is 7.87. The Morgan fingerprint density at radius 3 is 2.06 bits per heavy atom. The van der Waals surface area contributed by atoms with Crippen LogP contribution in [0.4, 0.5) is 0 Å². The lowest BCUT2D eigenvalue weighted by Crippen LogP contribution is -2.56. The van der Waals surface area contributed by atoms with Crippen LogP contribution < -0.4 is 27.4 Å². The fourth-order valence-corrected chi connectivity index (χ4v) is 3.05. The molecule has 0 fully saturated rings. The van der Waals surface area contributed by atoms with Gasteiger partial charge in [0.1, 0.15) is 18.1 Å². The van der Waals surface area contributed by atoms with Crippen molar-refractivity contribution in [3.8, 4) is 0 Å². The molecule has 0 radical (unpaired) electrons. The van der Waals surface area contributed by atoms with E-state index in [0.717, 1.165) is 5.56 Å². The minimum Gasteiger partial charge on any atom is -0.481 e. The summed E-state index contributed by atoms with van der Waals surface area (Å²) in [4.78, 5) is 60.0. The maximum atomic E-state index is 12.5. The first-order chi connectivity index (χ1) is 16.0. The Kier molecular flexibility index (Phi) is 12.2.